The molecule has 0 bridgehead atoms. The van der Waals surface area contributed by atoms with Gasteiger partial charge in [-0.05, 0) is 36.8 Å². The Morgan fingerprint density at radius 3 is 2.80 bits per heavy atom. The summed E-state index contributed by atoms with van der Waals surface area (Å²) in [6.07, 6.45) is 1.45. The van der Waals surface area contributed by atoms with Crippen molar-refractivity contribution in [1.29, 1.82) is 0 Å². The van der Waals surface area contributed by atoms with Gasteiger partial charge in [0.1, 0.15) is 6.54 Å². The molecule has 0 spiro atoms. The van der Waals surface area contributed by atoms with Crippen LogP contribution in [0.2, 0.25) is 0 Å². The lowest BCUT2D eigenvalue weighted by Crippen LogP contribution is -2.27. The average Bonchev–Trinajstić information content (AvgIpc) is 2.38. The topological polar surface area (TPSA) is 77.1 Å². The third-order valence-electron chi connectivity index (χ3n) is 2.76. The summed E-state index contributed by atoms with van der Waals surface area (Å²) in [5.74, 6) is -0.278. The Kier molecular flexibility index (Phi) is 4.24. The SMILES string of the molecule is Cc1cc(NC(=O)Cn2cc(N)ccc2=O)ccc1Br. The van der Waals surface area contributed by atoms with Crippen molar-refractivity contribution in [1.82, 2.24) is 4.57 Å². The van der Waals surface area contributed by atoms with Gasteiger partial charge in [0.25, 0.3) is 5.56 Å². The molecule has 2 aromatic rings. The number of hydrogen-bond donors (Lipinski definition) is 2. The van der Waals surface area contributed by atoms with Crippen molar-refractivity contribution in [3.05, 3.63) is 56.9 Å². The first-order valence-corrected chi connectivity index (χ1v) is 6.77. The Labute approximate surface area is 124 Å². The summed E-state index contributed by atoms with van der Waals surface area (Å²) in [7, 11) is 0. The molecule has 1 amide bonds. The molecular formula is C14H14BrN3O2. The molecule has 0 fully saturated rings. The molecule has 0 atom stereocenters. The number of nitrogen functional groups attached to an aromatic ring is 1. The van der Waals surface area contributed by atoms with E-state index in [0.717, 1.165) is 10.0 Å². The summed E-state index contributed by atoms with van der Waals surface area (Å²) < 4.78 is 2.25. The number of nitrogens with two attached hydrogens (primary N) is 1. The van der Waals surface area contributed by atoms with Crippen LogP contribution >= 0.6 is 15.9 Å². The number of anilines is 2. The molecule has 0 aliphatic rings. The number of rotatable bonds is 3. The van der Waals surface area contributed by atoms with Crippen molar-refractivity contribution in [3.8, 4) is 0 Å². The number of aromatic nitrogens is 1. The zero-order chi connectivity index (χ0) is 14.7. The number of nitrogens with one attached hydrogen (secondary N) is 1. The van der Waals surface area contributed by atoms with Crippen molar-refractivity contribution in [2.75, 3.05) is 11.1 Å². The number of halogens is 1. The van der Waals surface area contributed by atoms with E-state index >= 15 is 0 Å². The molecule has 1 aromatic heterocycles. The van der Waals surface area contributed by atoms with Crippen molar-refractivity contribution < 1.29 is 4.79 Å². The van der Waals surface area contributed by atoms with E-state index < -0.39 is 0 Å². The van der Waals surface area contributed by atoms with E-state index in [1.54, 1.807) is 6.07 Å². The minimum absolute atomic E-state index is 0.0705. The van der Waals surface area contributed by atoms with E-state index in [1.807, 2.05) is 19.1 Å². The molecule has 5 nitrogen and oxygen atoms in total. The molecule has 0 aliphatic carbocycles. The minimum Gasteiger partial charge on any atom is -0.398 e. The Bertz CT molecular complexity index is 710. The van der Waals surface area contributed by atoms with Crippen LogP contribution in [0, 0.1) is 6.92 Å². The molecule has 0 unspecified atom stereocenters. The standard InChI is InChI=1S/C14H14BrN3O2/c1-9-6-11(3-4-12(9)15)17-13(19)8-18-7-10(16)2-5-14(18)20/h2-7H,8,16H2,1H3,(H,17,19). The van der Waals surface area contributed by atoms with Crippen molar-refractivity contribution in [3.63, 3.8) is 0 Å². The maximum atomic E-state index is 11.9. The highest BCUT2D eigenvalue weighted by atomic mass is 79.9. The Hall–Kier alpha value is -2.08. The Balaban J connectivity index is 2.11. The van der Waals surface area contributed by atoms with Crippen LogP contribution in [0.15, 0.2) is 45.8 Å². The number of aryl methyl sites for hydroxylation is 1. The summed E-state index contributed by atoms with van der Waals surface area (Å²) in [6, 6.07) is 8.35. The highest BCUT2D eigenvalue weighted by Gasteiger charge is 2.06. The largest absolute Gasteiger partial charge is 0.398 e. The van der Waals surface area contributed by atoms with Crippen LogP contribution in [0.25, 0.3) is 0 Å². The fourth-order valence-corrected chi connectivity index (χ4v) is 2.00. The van der Waals surface area contributed by atoms with E-state index in [4.69, 9.17) is 5.73 Å². The normalized spacial score (nSPS) is 10.3. The summed E-state index contributed by atoms with van der Waals surface area (Å²) in [5, 5.41) is 2.74. The van der Waals surface area contributed by atoms with Crippen molar-refractivity contribution in [2.45, 2.75) is 13.5 Å². The fraction of sp³-hybridized carbons (Fsp3) is 0.143. The second-order valence-electron chi connectivity index (χ2n) is 4.44. The van der Waals surface area contributed by atoms with Crippen LogP contribution in [0.3, 0.4) is 0 Å². The first-order valence-electron chi connectivity index (χ1n) is 5.97. The van der Waals surface area contributed by atoms with Crippen LogP contribution in [0.4, 0.5) is 11.4 Å². The molecule has 1 aromatic carbocycles. The molecule has 0 saturated heterocycles. The van der Waals surface area contributed by atoms with Gasteiger partial charge in [-0.15, -0.1) is 0 Å². The van der Waals surface area contributed by atoms with Gasteiger partial charge in [0.15, 0.2) is 0 Å². The van der Waals surface area contributed by atoms with E-state index in [9.17, 15) is 9.59 Å². The molecule has 2 rings (SSSR count). The number of hydrogen-bond acceptors (Lipinski definition) is 3. The highest BCUT2D eigenvalue weighted by Crippen LogP contribution is 2.19. The van der Waals surface area contributed by atoms with Gasteiger partial charge in [-0.1, -0.05) is 15.9 Å². The highest BCUT2D eigenvalue weighted by molar-refractivity contribution is 9.10. The predicted molar refractivity (Wildman–Crippen MR) is 82.6 cm³/mol. The van der Waals surface area contributed by atoms with Crippen LogP contribution < -0.4 is 16.6 Å². The van der Waals surface area contributed by atoms with Crippen molar-refractivity contribution in [2.24, 2.45) is 0 Å². The zero-order valence-electron chi connectivity index (χ0n) is 10.9. The lowest BCUT2D eigenvalue weighted by molar-refractivity contribution is -0.116. The first-order chi connectivity index (χ1) is 9.45. The number of amides is 1. The number of carbonyl (C=O) groups excluding carboxylic acids is 1. The summed E-state index contributed by atoms with van der Waals surface area (Å²) >= 11 is 3.39. The molecule has 104 valence electrons. The van der Waals surface area contributed by atoms with E-state index in [2.05, 4.69) is 21.2 Å². The average molecular weight is 336 g/mol. The maximum Gasteiger partial charge on any atom is 0.251 e. The van der Waals surface area contributed by atoms with Gasteiger partial charge in [0.2, 0.25) is 5.91 Å². The van der Waals surface area contributed by atoms with E-state index in [-0.39, 0.29) is 18.0 Å². The minimum atomic E-state index is -0.278. The van der Waals surface area contributed by atoms with E-state index in [0.29, 0.717) is 11.4 Å². The van der Waals surface area contributed by atoms with Gasteiger partial charge in [-0.25, -0.2) is 0 Å². The molecule has 0 saturated carbocycles. The predicted octanol–water partition coefficient (Wildman–Crippen LogP) is 2.14. The number of pyridine rings is 1. The van der Waals surface area contributed by atoms with Crippen LogP contribution in [-0.2, 0) is 11.3 Å². The van der Waals surface area contributed by atoms with Crippen LogP contribution in [0.1, 0.15) is 5.56 Å². The second-order valence-corrected chi connectivity index (χ2v) is 5.30. The molecule has 3 N–H and O–H groups in total. The summed E-state index contributed by atoms with van der Waals surface area (Å²) in [6.45, 7) is 1.86. The first kappa shape index (κ1) is 14.3. The van der Waals surface area contributed by atoms with Gasteiger partial charge in [-0.2, -0.15) is 0 Å². The van der Waals surface area contributed by atoms with Gasteiger partial charge in [0.05, 0.1) is 0 Å². The monoisotopic (exact) mass is 335 g/mol. The van der Waals surface area contributed by atoms with Gasteiger partial charge in [-0.3, -0.25) is 9.59 Å². The molecule has 6 heteroatoms. The Morgan fingerprint density at radius 1 is 1.35 bits per heavy atom. The third-order valence-corrected chi connectivity index (χ3v) is 3.65. The lowest BCUT2D eigenvalue weighted by atomic mass is 10.2. The lowest BCUT2D eigenvalue weighted by Gasteiger charge is -2.09. The third kappa shape index (κ3) is 3.48. The van der Waals surface area contributed by atoms with Crippen molar-refractivity contribution >= 4 is 33.2 Å². The molecule has 0 radical (unpaired) electrons. The smallest absolute Gasteiger partial charge is 0.251 e. The second kappa shape index (κ2) is 5.92. The fourth-order valence-electron chi connectivity index (χ4n) is 1.75. The molecule has 20 heavy (non-hydrogen) atoms. The van der Waals surface area contributed by atoms with Gasteiger partial charge < -0.3 is 15.6 Å². The Morgan fingerprint density at radius 2 is 2.10 bits per heavy atom. The molecular weight excluding hydrogens is 322 g/mol. The molecule has 1 heterocycles. The number of nitrogens with zero attached hydrogens (tertiary/aromatic N) is 1. The van der Waals surface area contributed by atoms with E-state index in [1.165, 1.54) is 22.9 Å². The maximum absolute atomic E-state index is 11.9. The zero-order valence-corrected chi connectivity index (χ0v) is 12.5. The van der Waals surface area contributed by atoms with Gasteiger partial charge in [0, 0.05) is 28.1 Å². The van der Waals surface area contributed by atoms with Crippen LogP contribution in [0.5, 0.6) is 0 Å². The number of benzene rings is 1. The number of carbonyl (C=O) groups is 1. The summed E-state index contributed by atoms with van der Waals surface area (Å²) in [5.41, 5.74) is 7.48. The molecule has 0 aliphatic heterocycles. The summed E-state index contributed by atoms with van der Waals surface area (Å²) in [4.78, 5) is 23.5. The van der Waals surface area contributed by atoms with Crippen LogP contribution in [-0.4, -0.2) is 10.5 Å². The van der Waals surface area contributed by atoms with Gasteiger partial charge >= 0.3 is 0 Å². The quantitative estimate of drug-likeness (QED) is 0.902.